The molecule has 0 unspecified atom stereocenters. The summed E-state index contributed by atoms with van der Waals surface area (Å²) < 4.78 is 0. The van der Waals surface area contributed by atoms with Crippen molar-refractivity contribution in [3.63, 3.8) is 0 Å². The first kappa shape index (κ1) is 12.6. The maximum Gasteiger partial charge on any atom is 0.307 e. The monoisotopic (exact) mass is 251 g/mol. The van der Waals surface area contributed by atoms with Crippen LogP contribution in [0.5, 0.6) is 0 Å². The maximum absolute atomic E-state index is 12.0. The van der Waals surface area contributed by atoms with Gasteiger partial charge in [-0.1, -0.05) is 6.42 Å². The van der Waals surface area contributed by atoms with Gasteiger partial charge in [0.25, 0.3) is 0 Å². The lowest BCUT2D eigenvalue weighted by Crippen LogP contribution is -2.34. The molecule has 0 spiro atoms. The quantitative estimate of drug-likeness (QED) is 0.738. The van der Waals surface area contributed by atoms with Gasteiger partial charge in [-0.3, -0.25) is 14.7 Å². The third-order valence-corrected chi connectivity index (χ3v) is 3.56. The number of hydrogen-bond acceptors (Lipinski definition) is 3. The summed E-state index contributed by atoms with van der Waals surface area (Å²) in [4.78, 5) is 23.0. The molecule has 1 saturated carbocycles. The molecule has 1 aromatic rings. The lowest BCUT2D eigenvalue weighted by Gasteiger charge is -2.15. The van der Waals surface area contributed by atoms with Gasteiger partial charge in [-0.25, -0.2) is 0 Å². The number of aromatic amines is 1. The van der Waals surface area contributed by atoms with Crippen LogP contribution in [0.15, 0.2) is 6.20 Å². The summed E-state index contributed by atoms with van der Waals surface area (Å²) >= 11 is 0. The Morgan fingerprint density at radius 1 is 1.50 bits per heavy atom. The van der Waals surface area contributed by atoms with E-state index < -0.39 is 17.8 Å². The summed E-state index contributed by atoms with van der Waals surface area (Å²) in [7, 11) is 0. The van der Waals surface area contributed by atoms with Crippen molar-refractivity contribution in [3.8, 4) is 0 Å². The number of rotatable bonds is 4. The van der Waals surface area contributed by atoms with Crippen molar-refractivity contribution in [3.05, 3.63) is 17.5 Å². The van der Waals surface area contributed by atoms with E-state index >= 15 is 0 Å². The van der Waals surface area contributed by atoms with E-state index in [1.165, 1.54) is 0 Å². The number of carboxylic acids is 1. The standard InChI is InChI=1S/C12H17N3O3/c1-7-8(6-14-15-7)5-13-11(16)9-3-2-4-10(9)12(17)18/h6,9-10H,2-5H2,1H3,(H,13,16)(H,14,15)(H,17,18)/t9-,10+/m1/s1. The molecule has 0 bridgehead atoms. The smallest absolute Gasteiger partial charge is 0.307 e. The highest BCUT2D eigenvalue weighted by Gasteiger charge is 2.37. The van der Waals surface area contributed by atoms with Crippen molar-refractivity contribution in [1.82, 2.24) is 15.5 Å². The largest absolute Gasteiger partial charge is 0.481 e. The van der Waals surface area contributed by atoms with Crippen molar-refractivity contribution in [1.29, 1.82) is 0 Å². The minimum absolute atomic E-state index is 0.166. The minimum Gasteiger partial charge on any atom is -0.481 e. The minimum atomic E-state index is -0.868. The van der Waals surface area contributed by atoms with E-state index in [1.807, 2.05) is 6.92 Å². The number of H-pyrrole nitrogens is 1. The summed E-state index contributed by atoms with van der Waals surface area (Å²) in [6.45, 7) is 2.27. The number of aryl methyl sites for hydroxylation is 1. The maximum atomic E-state index is 12.0. The molecule has 1 amide bonds. The van der Waals surface area contributed by atoms with Crippen molar-refractivity contribution < 1.29 is 14.7 Å². The molecule has 3 N–H and O–H groups in total. The molecule has 2 rings (SSSR count). The van der Waals surface area contributed by atoms with Gasteiger partial charge in [0.05, 0.1) is 18.0 Å². The van der Waals surface area contributed by atoms with E-state index in [-0.39, 0.29) is 5.91 Å². The highest BCUT2D eigenvalue weighted by molar-refractivity contribution is 5.85. The molecule has 1 fully saturated rings. The average Bonchev–Trinajstić information content (AvgIpc) is 2.94. The van der Waals surface area contributed by atoms with Gasteiger partial charge in [-0.05, 0) is 19.8 Å². The summed E-state index contributed by atoms with van der Waals surface area (Å²) in [5.41, 5.74) is 1.84. The molecule has 6 nitrogen and oxygen atoms in total. The van der Waals surface area contributed by atoms with E-state index in [1.54, 1.807) is 6.20 Å². The average molecular weight is 251 g/mol. The van der Waals surface area contributed by atoms with Gasteiger partial charge in [0.1, 0.15) is 0 Å². The molecule has 1 aliphatic rings. The number of carbonyl (C=O) groups excluding carboxylic acids is 1. The van der Waals surface area contributed by atoms with Crippen molar-refractivity contribution in [2.45, 2.75) is 32.7 Å². The Bertz CT molecular complexity index is 455. The Morgan fingerprint density at radius 2 is 2.22 bits per heavy atom. The lowest BCUT2D eigenvalue weighted by atomic mass is 9.95. The molecule has 1 heterocycles. The van der Waals surface area contributed by atoms with Crippen LogP contribution in [0.3, 0.4) is 0 Å². The van der Waals surface area contributed by atoms with Crippen LogP contribution in [-0.2, 0) is 16.1 Å². The molecule has 0 saturated heterocycles. The molecule has 98 valence electrons. The van der Waals surface area contributed by atoms with Crippen LogP contribution in [-0.4, -0.2) is 27.2 Å². The predicted molar refractivity (Wildman–Crippen MR) is 63.6 cm³/mol. The fraction of sp³-hybridized carbons (Fsp3) is 0.583. The molecular formula is C12H17N3O3. The second-order valence-electron chi connectivity index (χ2n) is 4.72. The second kappa shape index (κ2) is 5.20. The number of hydrogen-bond donors (Lipinski definition) is 3. The number of amides is 1. The topological polar surface area (TPSA) is 95.1 Å². The Kier molecular flexibility index (Phi) is 3.64. The van der Waals surface area contributed by atoms with Crippen molar-refractivity contribution in [2.75, 3.05) is 0 Å². The number of nitrogens with one attached hydrogen (secondary N) is 2. The molecule has 0 radical (unpaired) electrons. The Hall–Kier alpha value is -1.85. The molecule has 2 atom stereocenters. The normalized spacial score (nSPS) is 22.9. The lowest BCUT2D eigenvalue weighted by molar-refractivity contribution is -0.146. The highest BCUT2D eigenvalue weighted by Crippen LogP contribution is 2.32. The summed E-state index contributed by atoms with van der Waals surface area (Å²) in [5, 5.41) is 18.5. The van der Waals surface area contributed by atoms with Crippen LogP contribution in [0, 0.1) is 18.8 Å². The van der Waals surface area contributed by atoms with Gasteiger partial charge < -0.3 is 10.4 Å². The Morgan fingerprint density at radius 3 is 2.83 bits per heavy atom. The molecule has 18 heavy (non-hydrogen) atoms. The van der Waals surface area contributed by atoms with Crippen LogP contribution >= 0.6 is 0 Å². The zero-order chi connectivity index (χ0) is 13.1. The van der Waals surface area contributed by atoms with Crippen LogP contribution in [0.4, 0.5) is 0 Å². The zero-order valence-electron chi connectivity index (χ0n) is 10.3. The molecule has 0 aromatic carbocycles. The van der Waals surface area contributed by atoms with E-state index in [0.29, 0.717) is 19.4 Å². The number of aromatic nitrogens is 2. The molecule has 1 aliphatic carbocycles. The molecule has 0 aliphatic heterocycles. The third-order valence-electron chi connectivity index (χ3n) is 3.56. The number of aliphatic carboxylic acids is 1. The van der Waals surface area contributed by atoms with Crippen molar-refractivity contribution >= 4 is 11.9 Å². The summed E-state index contributed by atoms with van der Waals surface area (Å²) in [6.07, 6.45) is 3.73. The van der Waals surface area contributed by atoms with Crippen LogP contribution < -0.4 is 5.32 Å². The number of nitrogens with zero attached hydrogens (tertiary/aromatic N) is 1. The van der Waals surface area contributed by atoms with Gasteiger partial charge in [-0.15, -0.1) is 0 Å². The Labute approximate surface area is 105 Å². The van der Waals surface area contributed by atoms with E-state index in [4.69, 9.17) is 5.11 Å². The highest BCUT2D eigenvalue weighted by atomic mass is 16.4. The van der Waals surface area contributed by atoms with Crippen LogP contribution in [0.1, 0.15) is 30.5 Å². The van der Waals surface area contributed by atoms with E-state index in [9.17, 15) is 9.59 Å². The van der Waals surface area contributed by atoms with E-state index in [0.717, 1.165) is 17.7 Å². The second-order valence-corrected chi connectivity index (χ2v) is 4.72. The first-order valence-electron chi connectivity index (χ1n) is 6.09. The number of carbonyl (C=O) groups is 2. The Balaban J connectivity index is 1.92. The molecule has 1 aromatic heterocycles. The fourth-order valence-electron chi connectivity index (χ4n) is 2.44. The van der Waals surface area contributed by atoms with Gasteiger partial charge in [-0.2, -0.15) is 5.10 Å². The third kappa shape index (κ3) is 2.52. The fourth-order valence-corrected chi connectivity index (χ4v) is 2.44. The zero-order valence-corrected chi connectivity index (χ0v) is 10.3. The van der Waals surface area contributed by atoms with E-state index in [2.05, 4.69) is 15.5 Å². The van der Waals surface area contributed by atoms with Crippen LogP contribution in [0.25, 0.3) is 0 Å². The molecular weight excluding hydrogens is 234 g/mol. The van der Waals surface area contributed by atoms with Gasteiger partial charge in [0.15, 0.2) is 0 Å². The van der Waals surface area contributed by atoms with Gasteiger partial charge >= 0.3 is 5.97 Å². The van der Waals surface area contributed by atoms with Crippen molar-refractivity contribution in [2.24, 2.45) is 11.8 Å². The number of carboxylic acid groups (broad SMARTS) is 1. The summed E-state index contributed by atoms with van der Waals surface area (Å²) in [6, 6.07) is 0. The van der Waals surface area contributed by atoms with Gasteiger partial charge in [0.2, 0.25) is 5.91 Å². The van der Waals surface area contributed by atoms with Gasteiger partial charge in [0, 0.05) is 17.8 Å². The molecule has 6 heteroatoms. The predicted octanol–water partition coefficient (Wildman–Crippen LogP) is 0.835. The van der Waals surface area contributed by atoms with Crippen LogP contribution in [0.2, 0.25) is 0 Å². The summed E-state index contributed by atoms with van der Waals surface area (Å²) in [5.74, 6) is -1.96. The first-order chi connectivity index (χ1) is 8.59. The SMILES string of the molecule is Cc1[nH]ncc1CNC(=O)[C@@H]1CCC[C@@H]1C(=O)O. The first-order valence-corrected chi connectivity index (χ1v) is 6.09.